The second-order valence-electron chi connectivity index (χ2n) is 6.32. The van der Waals surface area contributed by atoms with Crippen molar-refractivity contribution >= 4 is 43.5 Å². The third-order valence-electron chi connectivity index (χ3n) is 4.95. The van der Waals surface area contributed by atoms with E-state index in [1.54, 1.807) is 0 Å². The Balaban J connectivity index is 2.15. The summed E-state index contributed by atoms with van der Waals surface area (Å²) in [6.07, 6.45) is 0. The van der Waals surface area contributed by atoms with Crippen LogP contribution in [-0.4, -0.2) is 0 Å². The van der Waals surface area contributed by atoms with Gasteiger partial charge < -0.3 is 4.42 Å². The smallest absolute Gasteiger partial charge is 0.136 e. The van der Waals surface area contributed by atoms with E-state index in [9.17, 15) is 0 Å². The molecule has 1 heteroatoms. The third-order valence-corrected chi connectivity index (χ3v) is 4.95. The highest BCUT2D eigenvalue weighted by molar-refractivity contribution is 6.26. The van der Waals surface area contributed by atoms with Gasteiger partial charge in [0.25, 0.3) is 0 Å². The fourth-order valence-electron chi connectivity index (χ4n) is 3.79. The number of aryl methyl sites for hydroxylation is 2. The van der Waals surface area contributed by atoms with Gasteiger partial charge in [-0.05, 0) is 58.7 Å². The minimum atomic E-state index is 0.965. The van der Waals surface area contributed by atoms with Crippen molar-refractivity contribution in [3.05, 3.63) is 71.8 Å². The number of fused-ring (bicyclic) bond motifs is 7. The zero-order valence-corrected chi connectivity index (χ0v) is 13.2. The van der Waals surface area contributed by atoms with Gasteiger partial charge in [-0.3, -0.25) is 0 Å². The summed E-state index contributed by atoms with van der Waals surface area (Å²) in [5, 5.41) is 7.61. The number of benzene rings is 4. The molecule has 0 N–H and O–H groups in total. The van der Waals surface area contributed by atoms with Crippen LogP contribution in [0, 0.1) is 13.8 Å². The normalized spacial score (nSPS) is 11.9. The first-order chi connectivity index (χ1) is 11.2. The fraction of sp³-hybridized carbons (Fsp3) is 0.0909. The average molecular weight is 296 g/mol. The third kappa shape index (κ3) is 1.62. The predicted molar refractivity (Wildman–Crippen MR) is 98.2 cm³/mol. The van der Waals surface area contributed by atoms with E-state index in [0.29, 0.717) is 0 Å². The van der Waals surface area contributed by atoms with Crippen LogP contribution in [0.25, 0.3) is 43.5 Å². The maximum atomic E-state index is 6.15. The molecule has 0 fully saturated rings. The summed E-state index contributed by atoms with van der Waals surface area (Å²) < 4.78 is 6.15. The van der Waals surface area contributed by atoms with Crippen molar-refractivity contribution in [2.45, 2.75) is 13.8 Å². The van der Waals surface area contributed by atoms with E-state index in [1.807, 2.05) is 0 Å². The second-order valence-corrected chi connectivity index (χ2v) is 6.32. The molecule has 5 aromatic rings. The van der Waals surface area contributed by atoms with Gasteiger partial charge in [-0.25, -0.2) is 0 Å². The zero-order valence-electron chi connectivity index (χ0n) is 13.2. The minimum Gasteiger partial charge on any atom is -0.456 e. The molecular formula is C22H16O. The summed E-state index contributed by atoms with van der Waals surface area (Å²) in [6, 6.07) is 21.5. The first kappa shape index (κ1) is 12.7. The van der Waals surface area contributed by atoms with Crippen LogP contribution in [0.1, 0.15) is 11.1 Å². The van der Waals surface area contributed by atoms with E-state index in [4.69, 9.17) is 4.42 Å². The van der Waals surface area contributed by atoms with Crippen LogP contribution in [0.5, 0.6) is 0 Å². The van der Waals surface area contributed by atoms with Crippen molar-refractivity contribution < 1.29 is 4.42 Å². The molecule has 0 saturated carbocycles. The molecule has 0 saturated heterocycles. The van der Waals surface area contributed by atoms with Gasteiger partial charge in [0.1, 0.15) is 11.2 Å². The molecule has 0 bridgehead atoms. The molecule has 1 heterocycles. The number of rotatable bonds is 0. The van der Waals surface area contributed by atoms with E-state index >= 15 is 0 Å². The molecule has 0 aliphatic heterocycles. The minimum absolute atomic E-state index is 0.965. The topological polar surface area (TPSA) is 13.1 Å². The van der Waals surface area contributed by atoms with Gasteiger partial charge in [-0.2, -0.15) is 0 Å². The summed E-state index contributed by atoms with van der Waals surface area (Å²) in [5.74, 6) is 0. The fourth-order valence-corrected chi connectivity index (χ4v) is 3.79. The van der Waals surface area contributed by atoms with Crippen LogP contribution >= 0.6 is 0 Å². The Morgan fingerprint density at radius 3 is 1.48 bits per heavy atom. The Labute approximate surface area is 134 Å². The molecule has 1 nitrogen and oxygen atoms in total. The van der Waals surface area contributed by atoms with Crippen LogP contribution in [0.3, 0.4) is 0 Å². The van der Waals surface area contributed by atoms with Crippen molar-refractivity contribution in [2.24, 2.45) is 0 Å². The zero-order chi connectivity index (χ0) is 15.6. The first-order valence-corrected chi connectivity index (χ1v) is 7.97. The van der Waals surface area contributed by atoms with E-state index in [-0.39, 0.29) is 0 Å². The van der Waals surface area contributed by atoms with Gasteiger partial charge in [-0.1, -0.05) is 48.5 Å². The van der Waals surface area contributed by atoms with Crippen molar-refractivity contribution in [3.63, 3.8) is 0 Å². The van der Waals surface area contributed by atoms with Crippen LogP contribution in [0.2, 0.25) is 0 Å². The maximum Gasteiger partial charge on any atom is 0.136 e. The lowest BCUT2D eigenvalue weighted by atomic mass is 9.96. The summed E-state index contributed by atoms with van der Waals surface area (Å²) in [7, 11) is 0. The summed E-state index contributed by atoms with van der Waals surface area (Å²) in [5.41, 5.74) is 4.53. The first-order valence-electron chi connectivity index (χ1n) is 7.97. The molecule has 1 aromatic heterocycles. The molecule has 0 unspecified atom stereocenters. The van der Waals surface area contributed by atoms with E-state index in [2.05, 4.69) is 74.5 Å². The van der Waals surface area contributed by atoms with Gasteiger partial charge in [0.15, 0.2) is 0 Å². The Morgan fingerprint density at radius 2 is 1.00 bits per heavy atom. The summed E-state index contributed by atoms with van der Waals surface area (Å²) >= 11 is 0. The molecular weight excluding hydrogens is 280 g/mol. The molecule has 0 aliphatic rings. The van der Waals surface area contributed by atoms with E-state index < -0.39 is 0 Å². The van der Waals surface area contributed by atoms with Crippen LogP contribution < -0.4 is 0 Å². The Morgan fingerprint density at radius 1 is 0.522 bits per heavy atom. The van der Waals surface area contributed by atoms with Crippen LogP contribution in [0.4, 0.5) is 0 Å². The van der Waals surface area contributed by atoms with Crippen LogP contribution in [-0.2, 0) is 0 Å². The number of hydrogen-bond donors (Lipinski definition) is 0. The molecule has 0 aliphatic carbocycles. The number of furan rings is 1. The van der Waals surface area contributed by atoms with Gasteiger partial charge in [0, 0.05) is 10.8 Å². The van der Waals surface area contributed by atoms with Gasteiger partial charge in [0.05, 0.1) is 0 Å². The standard InChI is InChI=1S/C22H16O/c1-13-5-3-7-17-15(13)9-11-19-21(17)22-18-8-4-6-14(2)16(18)10-12-20(22)23-19/h3-12H,1-2H3. The summed E-state index contributed by atoms with van der Waals surface area (Å²) in [6.45, 7) is 4.33. The Hall–Kier alpha value is -2.80. The quantitative estimate of drug-likeness (QED) is 0.317. The SMILES string of the molecule is Cc1cccc2c1ccc1oc3ccc4c(C)cccc4c3c12. The van der Waals surface area contributed by atoms with Gasteiger partial charge in [-0.15, -0.1) is 0 Å². The highest BCUT2D eigenvalue weighted by Crippen LogP contribution is 2.39. The predicted octanol–water partition coefficient (Wildman–Crippen LogP) is 6.51. The van der Waals surface area contributed by atoms with E-state index in [0.717, 1.165) is 11.2 Å². The van der Waals surface area contributed by atoms with Crippen molar-refractivity contribution in [2.75, 3.05) is 0 Å². The maximum absolute atomic E-state index is 6.15. The molecule has 0 amide bonds. The van der Waals surface area contributed by atoms with Crippen molar-refractivity contribution in [1.29, 1.82) is 0 Å². The average Bonchev–Trinajstić information content (AvgIpc) is 2.95. The molecule has 23 heavy (non-hydrogen) atoms. The Kier molecular flexibility index (Phi) is 2.41. The number of hydrogen-bond acceptors (Lipinski definition) is 1. The molecule has 0 atom stereocenters. The van der Waals surface area contributed by atoms with Gasteiger partial charge >= 0.3 is 0 Å². The van der Waals surface area contributed by atoms with Crippen molar-refractivity contribution in [3.8, 4) is 0 Å². The lowest BCUT2D eigenvalue weighted by molar-refractivity contribution is 0.669. The molecule has 0 radical (unpaired) electrons. The van der Waals surface area contributed by atoms with E-state index in [1.165, 1.54) is 43.4 Å². The molecule has 110 valence electrons. The monoisotopic (exact) mass is 296 g/mol. The molecule has 5 rings (SSSR count). The molecule has 0 spiro atoms. The van der Waals surface area contributed by atoms with Crippen LogP contribution in [0.15, 0.2) is 65.1 Å². The largest absolute Gasteiger partial charge is 0.456 e. The second kappa shape index (κ2) is 4.36. The lowest BCUT2D eigenvalue weighted by Gasteiger charge is -2.05. The highest BCUT2D eigenvalue weighted by Gasteiger charge is 2.14. The van der Waals surface area contributed by atoms with Crippen molar-refractivity contribution in [1.82, 2.24) is 0 Å². The molecule has 4 aromatic carbocycles. The summed E-state index contributed by atoms with van der Waals surface area (Å²) in [4.78, 5) is 0. The highest BCUT2D eigenvalue weighted by atomic mass is 16.3. The lowest BCUT2D eigenvalue weighted by Crippen LogP contribution is -1.81. The Bertz CT molecular complexity index is 1130. The van der Waals surface area contributed by atoms with Gasteiger partial charge in [0.2, 0.25) is 0 Å².